The highest BCUT2D eigenvalue weighted by Gasteiger charge is 2.55. The zero-order valence-electron chi connectivity index (χ0n) is 11.8. The Kier molecular flexibility index (Phi) is 3.28. The number of carbonyl (C=O) groups excluding carboxylic acids is 3. The fourth-order valence-electron chi connectivity index (χ4n) is 2.56. The highest BCUT2D eigenvalue weighted by molar-refractivity contribution is 6.46. The fourth-order valence-corrected chi connectivity index (χ4v) is 2.56. The van der Waals surface area contributed by atoms with E-state index < -0.39 is 34.7 Å². The summed E-state index contributed by atoms with van der Waals surface area (Å²) in [7, 11) is 1.14. The van der Waals surface area contributed by atoms with Gasteiger partial charge in [-0.05, 0) is 6.07 Å². The minimum Gasteiger partial charge on any atom is -0.464 e. The molecule has 1 aromatic carbocycles. The number of hydrogen-bond acceptors (Lipinski definition) is 8. The molecule has 1 fully saturated rings. The number of nitro groups is 1. The van der Waals surface area contributed by atoms with Crippen molar-refractivity contribution in [3.05, 3.63) is 34.4 Å². The highest BCUT2D eigenvalue weighted by Crippen LogP contribution is 2.32. The van der Waals surface area contributed by atoms with Gasteiger partial charge in [0.05, 0.1) is 17.7 Å². The van der Waals surface area contributed by atoms with Crippen molar-refractivity contribution in [3.63, 3.8) is 0 Å². The number of methoxy groups -OCH3 is 1. The summed E-state index contributed by atoms with van der Waals surface area (Å²) in [5.74, 6) is -3.24. The van der Waals surface area contributed by atoms with Gasteiger partial charge >= 0.3 is 5.97 Å². The van der Waals surface area contributed by atoms with Crippen LogP contribution >= 0.6 is 0 Å². The first-order chi connectivity index (χ1) is 11.0. The van der Waals surface area contributed by atoms with Gasteiger partial charge in [0, 0.05) is 12.1 Å². The molecule has 2 aliphatic rings. The first-order valence-electron chi connectivity index (χ1n) is 6.49. The van der Waals surface area contributed by atoms with Crippen molar-refractivity contribution in [1.82, 2.24) is 5.43 Å². The van der Waals surface area contributed by atoms with Gasteiger partial charge in [-0.25, -0.2) is 9.69 Å². The maximum Gasteiger partial charge on any atom is 0.355 e. The number of ether oxygens (including phenoxy) is 1. The number of benzene rings is 1. The Morgan fingerprint density at radius 3 is 2.78 bits per heavy atom. The van der Waals surface area contributed by atoms with E-state index in [1.807, 2.05) is 0 Å². The molecule has 1 N–H and O–H groups in total. The van der Waals surface area contributed by atoms with Gasteiger partial charge in [0.1, 0.15) is 12.0 Å². The Labute approximate surface area is 128 Å². The van der Waals surface area contributed by atoms with Crippen molar-refractivity contribution in [3.8, 4) is 0 Å². The number of carbonyl (C=O) groups is 3. The number of anilines is 1. The summed E-state index contributed by atoms with van der Waals surface area (Å²) in [6.07, 6.45) is 0. The lowest BCUT2D eigenvalue weighted by molar-refractivity contribution is -0.384. The molecule has 10 heteroatoms. The van der Waals surface area contributed by atoms with Gasteiger partial charge < -0.3 is 4.74 Å². The number of nitrogens with zero attached hydrogens (tertiary/aromatic N) is 3. The third-order valence-corrected chi connectivity index (χ3v) is 3.62. The van der Waals surface area contributed by atoms with E-state index in [2.05, 4.69) is 15.3 Å². The zero-order chi connectivity index (χ0) is 16.7. The van der Waals surface area contributed by atoms with Crippen molar-refractivity contribution >= 4 is 34.9 Å². The summed E-state index contributed by atoms with van der Waals surface area (Å²) in [6, 6.07) is 4.11. The Bertz CT molecular complexity index is 773. The summed E-state index contributed by atoms with van der Waals surface area (Å²) < 4.78 is 4.54. The number of esters is 1. The first-order valence-corrected chi connectivity index (χ1v) is 6.49. The lowest BCUT2D eigenvalue weighted by Crippen LogP contribution is -2.36. The number of amides is 2. The zero-order valence-corrected chi connectivity index (χ0v) is 11.8. The van der Waals surface area contributed by atoms with E-state index in [0.29, 0.717) is 0 Å². The number of hydrogen-bond donors (Lipinski definition) is 1. The summed E-state index contributed by atoms with van der Waals surface area (Å²) >= 11 is 0. The Morgan fingerprint density at radius 1 is 1.39 bits per heavy atom. The second kappa shape index (κ2) is 5.16. The first kappa shape index (κ1) is 14.6. The van der Waals surface area contributed by atoms with E-state index in [1.165, 1.54) is 18.2 Å². The molecule has 3 rings (SSSR count). The minimum atomic E-state index is -1.10. The van der Waals surface area contributed by atoms with Crippen LogP contribution in [0.2, 0.25) is 0 Å². The topological polar surface area (TPSA) is 131 Å². The predicted molar refractivity (Wildman–Crippen MR) is 75.5 cm³/mol. The number of imide groups is 1. The molecule has 118 valence electrons. The molecule has 0 radical (unpaired) electrons. The molecular weight excluding hydrogens is 308 g/mol. The minimum absolute atomic E-state index is 0.0645. The largest absolute Gasteiger partial charge is 0.464 e. The molecule has 2 atom stereocenters. The van der Waals surface area contributed by atoms with Crippen LogP contribution in [0.5, 0.6) is 0 Å². The third kappa shape index (κ3) is 2.11. The SMILES string of the molecule is COC(=O)C1=NN[C@@H]2C(=O)N(c3cccc([N+](=O)[O-])c3)C(=O)[C@H]12. The van der Waals surface area contributed by atoms with Crippen LogP contribution in [-0.4, -0.2) is 41.6 Å². The molecule has 23 heavy (non-hydrogen) atoms. The molecule has 2 aliphatic heterocycles. The molecule has 1 saturated heterocycles. The van der Waals surface area contributed by atoms with Crippen LogP contribution in [-0.2, 0) is 19.1 Å². The normalized spacial score (nSPS) is 22.5. The smallest absolute Gasteiger partial charge is 0.355 e. The molecule has 2 amide bonds. The number of rotatable bonds is 3. The van der Waals surface area contributed by atoms with Gasteiger partial charge in [-0.3, -0.25) is 25.1 Å². The van der Waals surface area contributed by atoms with Gasteiger partial charge in [0.2, 0.25) is 5.91 Å². The van der Waals surface area contributed by atoms with Crippen molar-refractivity contribution in [2.75, 3.05) is 12.0 Å². The standard InChI is InChI=1S/C13H10N4O6/c1-23-13(20)10-8-9(14-15-10)12(19)16(11(8)18)6-3-2-4-7(5-6)17(21)22/h2-5,8-9,14H,1H3/t8-,9-/m0/s1. The van der Waals surface area contributed by atoms with E-state index in [0.717, 1.165) is 18.1 Å². The van der Waals surface area contributed by atoms with E-state index in [9.17, 15) is 24.5 Å². The molecular formula is C13H10N4O6. The molecule has 0 aliphatic carbocycles. The third-order valence-electron chi connectivity index (χ3n) is 3.62. The summed E-state index contributed by atoms with van der Waals surface area (Å²) in [5, 5.41) is 14.5. The van der Waals surface area contributed by atoms with Crippen LogP contribution in [0.3, 0.4) is 0 Å². The lowest BCUT2D eigenvalue weighted by atomic mass is 9.99. The lowest BCUT2D eigenvalue weighted by Gasteiger charge is -2.15. The van der Waals surface area contributed by atoms with Gasteiger partial charge in [-0.2, -0.15) is 5.10 Å². The van der Waals surface area contributed by atoms with Gasteiger partial charge in [0.25, 0.3) is 11.6 Å². The monoisotopic (exact) mass is 318 g/mol. The number of non-ortho nitro benzene ring substituents is 1. The Balaban J connectivity index is 1.98. The number of fused-ring (bicyclic) bond motifs is 1. The maximum absolute atomic E-state index is 12.5. The van der Waals surface area contributed by atoms with E-state index in [1.54, 1.807) is 0 Å². The number of nitrogens with one attached hydrogen (secondary N) is 1. The molecule has 2 heterocycles. The Morgan fingerprint density at radius 2 is 2.13 bits per heavy atom. The fraction of sp³-hybridized carbons (Fsp3) is 0.231. The second-order valence-corrected chi connectivity index (χ2v) is 4.86. The molecule has 1 aromatic rings. The van der Waals surface area contributed by atoms with Crippen molar-refractivity contribution in [2.45, 2.75) is 6.04 Å². The average molecular weight is 318 g/mol. The number of nitro benzene ring substituents is 1. The Hall–Kier alpha value is -3.30. The van der Waals surface area contributed by atoms with Crippen molar-refractivity contribution < 1.29 is 24.0 Å². The van der Waals surface area contributed by atoms with E-state index >= 15 is 0 Å². The maximum atomic E-state index is 12.5. The highest BCUT2D eigenvalue weighted by atomic mass is 16.6. The van der Waals surface area contributed by atoms with Crippen LogP contribution in [0.1, 0.15) is 0 Å². The van der Waals surface area contributed by atoms with Crippen LogP contribution in [0.25, 0.3) is 0 Å². The van der Waals surface area contributed by atoms with Crippen molar-refractivity contribution in [2.24, 2.45) is 11.0 Å². The van der Waals surface area contributed by atoms with Crippen molar-refractivity contribution in [1.29, 1.82) is 0 Å². The molecule has 10 nitrogen and oxygen atoms in total. The van der Waals surface area contributed by atoms with E-state index in [4.69, 9.17) is 0 Å². The summed E-state index contributed by atoms with van der Waals surface area (Å²) in [6.45, 7) is 0. The number of hydrazone groups is 1. The van der Waals surface area contributed by atoms with Gasteiger partial charge in [-0.1, -0.05) is 6.07 Å². The predicted octanol–water partition coefficient (Wildman–Crippen LogP) is -0.415. The van der Waals surface area contributed by atoms with Gasteiger partial charge in [0.15, 0.2) is 5.71 Å². The van der Waals surface area contributed by atoms with Crippen LogP contribution in [0.15, 0.2) is 29.4 Å². The molecule has 0 unspecified atom stereocenters. The second-order valence-electron chi connectivity index (χ2n) is 4.86. The molecule has 0 bridgehead atoms. The van der Waals surface area contributed by atoms with Gasteiger partial charge in [-0.15, -0.1) is 0 Å². The van der Waals surface area contributed by atoms with Crippen LogP contribution < -0.4 is 10.3 Å². The molecule has 0 spiro atoms. The van der Waals surface area contributed by atoms with Crippen LogP contribution in [0.4, 0.5) is 11.4 Å². The summed E-state index contributed by atoms with van der Waals surface area (Å²) in [4.78, 5) is 47.5. The molecule has 0 aromatic heterocycles. The van der Waals surface area contributed by atoms with E-state index in [-0.39, 0.29) is 17.1 Å². The quantitative estimate of drug-likeness (QED) is 0.346. The summed E-state index contributed by atoms with van der Waals surface area (Å²) in [5.41, 5.74) is 2.06. The van der Waals surface area contributed by atoms with Crippen LogP contribution in [0, 0.1) is 16.0 Å². The average Bonchev–Trinajstić information content (AvgIpc) is 3.08. The molecule has 0 saturated carbocycles.